The molecule has 2 atom stereocenters. The number of fused-ring (bicyclic) bond motifs is 3. The van der Waals surface area contributed by atoms with E-state index in [1.165, 1.54) is 0 Å². The third kappa shape index (κ3) is 3.77. The summed E-state index contributed by atoms with van der Waals surface area (Å²) in [5.74, 6) is -0.260. The average molecular weight is 485 g/mol. The molecule has 0 saturated carbocycles. The third-order valence-electron chi connectivity index (χ3n) is 6.41. The number of nitrogens with zero attached hydrogens (tertiary/aromatic N) is 6. The van der Waals surface area contributed by atoms with Crippen LogP contribution in [-0.4, -0.2) is 53.9 Å². The Labute approximate surface area is 201 Å². The molecule has 8 nitrogen and oxygen atoms in total. The number of halogens is 2. The molecule has 2 aliphatic rings. The molecule has 0 radical (unpaired) electrons. The SMILES string of the molecule is CC(c1cnccn1)N1CCn2nc3c(c2C1=O)CN(C(=O)c1ccc(Cl)c(Cl)c1)[C@H](C)C3. The second-order valence-corrected chi connectivity index (χ2v) is 9.23. The molecule has 2 aliphatic heterocycles. The summed E-state index contributed by atoms with van der Waals surface area (Å²) in [6, 6.07) is 4.58. The fourth-order valence-electron chi connectivity index (χ4n) is 4.56. The Bertz CT molecular complexity index is 1250. The van der Waals surface area contributed by atoms with E-state index in [1.807, 2.05) is 13.8 Å². The van der Waals surface area contributed by atoms with Gasteiger partial charge in [-0.15, -0.1) is 0 Å². The minimum absolute atomic E-state index is 0.0684. The lowest BCUT2D eigenvalue weighted by Crippen LogP contribution is -2.45. The van der Waals surface area contributed by atoms with Crippen molar-refractivity contribution in [3.63, 3.8) is 0 Å². The van der Waals surface area contributed by atoms with Crippen LogP contribution in [0, 0.1) is 0 Å². The third-order valence-corrected chi connectivity index (χ3v) is 7.14. The van der Waals surface area contributed by atoms with Crippen LogP contribution in [-0.2, 0) is 19.5 Å². The van der Waals surface area contributed by atoms with Gasteiger partial charge in [0.1, 0.15) is 5.69 Å². The van der Waals surface area contributed by atoms with Crippen molar-refractivity contribution in [2.45, 2.75) is 45.4 Å². The zero-order valence-corrected chi connectivity index (χ0v) is 19.7. The number of hydrogen-bond acceptors (Lipinski definition) is 5. The largest absolute Gasteiger partial charge is 0.331 e. The molecule has 3 aromatic rings. The lowest BCUT2D eigenvalue weighted by molar-refractivity contribution is 0.0601. The Balaban J connectivity index is 1.45. The fourth-order valence-corrected chi connectivity index (χ4v) is 4.86. The summed E-state index contributed by atoms with van der Waals surface area (Å²) in [4.78, 5) is 38.9. The van der Waals surface area contributed by atoms with Crippen molar-refractivity contribution in [1.29, 1.82) is 0 Å². The molecule has 1 aromatic carbocycles. The van der Waals surface area contributed by atoms with E-state index in [1.54, 1.807) is 51.3 Å². The molecule has 0 aliphatic carbocycles. The average Bonchev–Trinajstić information content (AvgIpc) is 3.18. The van der Waals surface area contributed by atoms with E-state index < -0.39 is 0 Å². The highest BCUT2D eigenvalue weighted by Gasteiger charge is 2.38. The van der Waals surface area contributed by atoms with Crippen LogP contribution in [0.5, 0.6) is 0 Å². The molecule has 2 aromatic heterocycles. The van der Waals surface area contributed by atoms with E-state index in [-0.39, 0.29) is 23.9 Å². The van der Waals surface area contributed by atoms with Crippen LogP contribution in [0.3, 0.4) is 0 Å². The van der Waals surface area contributed by atoms with E-state index in [4.69, 9.17) is 28.3 Å². The van der Waals surface area contributed by atoms with Crippen LogP contribution < -0.4 is 0 Å². The van der Waals surface area contributed by atoms with Crippen molar-refractivity contribution in [1.82, 2.24) is 29.5 Å². The lowest BCUT2D eigenvalue weighted by Gasteiger charge is -2.35. The van der Waals surface area contributed by atoms with E-state index in [0.717, 1.165) is 17.0 Å². The molecule has 170 valence electrons. The van der Waals surface area contributed by atoms with Crippen LogP contribution in [0.15, 0.2) is 36.8 Å². The number of hydrogen-bond donors (Lipinski definition) is 0. The minimum atomic E-state index is -0.220. The van der Waals surface area contributed by atoms with Crippen molar-refractivity contribution in [3.05, 3.63) is 75.0 Å². The summed E-state index contributed by atoms with van der Waals surface area (Å²) in [5.41, 5.74) is 3.43. The zero-order chi connectivity index (χ0) is 23.3. The number of benzene rings is 1. The van der Waals surface area contributed by atoms with Crippen LogP contribution in [0.1, 0.15) is 57.7 Å². The second-order valence-electron chi connectivity index (χ2n) is 8.42. The molecule has 1 unspecified atom stereocenters. The molecule has 5 rings (SSSR count). The monoisotopic (exact) mass is 484 g/mol. The van der Waals surface area contributed by atoms with Crippen LogP contribution in [0.2, 0.25) is 10.0 Å². The molecule has 10 heteroatoms. The minimum Gasteiger partial charge on any atom is -0.331 e. The molecular formula is C23H22Cl2N6O2. The van der Waals surface area contributed by atoms with E-state index in [2.05, 4.69) is 9.97 Å². The van der Waals surface area contributed by atoms with E-state index in [0.29, 0.717) is 47.4 Å². The molecule has 0 fully saturated rings. The first-order valence-corrected chi connectivity index (χ1v) is 11.5. The number of rotatable bonds is 3. The van der Waals surface area contributed by atoms with Gasteiger partial charge in [0, 0.05) is 42.5 Å². The highest BCUT2D eigenvalue weighted by atomic mass is 35.5. The summed E-state index contributed by atoms with van der Waals surface area (Å²) in [6.45, 7) is 5.37. The molecule has 4 heterocycles. The summed E-state index contributed by atoms with van der Waals surface area (Å²) < 4.78 is 1.78. The van der Waals surface area contributed by atoms with Gasteiger partial charge in [0.15, 0.2) is 0 Å². The number of aromatic nitrogens is 4. The first kappa shape index (κ1) is 21.9. The maximum atomic E-state index is 13.6. The lowest BCUT2D eigenvalue weighted by atomic mass is 9.97. The summed E-state index contributed by atoms with van der Waals surface area (Å²) in [6.07, 6.45) is 5.49. The molecule has 0 bridgehead atoms. The predicted molar refractivity (Wildman–Crippen MR) is 123 cm³/mol. The molecule has 0 saturated heterocycles. The molecule has 33 heavy (non-hydrogen) atoms. The Hall–Kier alpha value is -2.97. The smallest absolute Gasteiger partial charge is 0.273 e. The van der Waals surface area contributed by atoms with Crippen LogP contribution >= 0.6 is 23.2 Å². The van der Waals surface area contributed by atoms with Crippen molar-refractivity contribution in [2.24, 2.45) is 0 Å². The Morgan fingerprint density at radius 3 is 2.73 bits per heavy atom. The number of carbonyl (C=O) groups is 2. The second kappa shape index (κ2) is 8.43. The Kier molecular flexibility index (Phi) is 5.58. The van der Waals surface area contributed by atoms with Gasteiger partial charge in [0.25, 0.3) is 11.8 Å². The topological polar surface area (TPSA) is 84.2 Å². The van der Waals surface area contributed by atoms with Crippen LogP contribution in [0.4, 0.5) is 0 Å². The maximum absolute atomic E-state index is 13.6. The predicted octanol–water partition coefficient (Wildman–Crippen LogP) is 3.78. The van der Waals surface area contributed by atoms with Crippen molar-refractivity contribution in [3.8, 4) is 0 Å². The van der Waals surface area contributed by atoms with Crippen molar-refractivity contribution >= 4 is 35.0 Å². The van der Waals surface area contributed by atoms with E-state index >= 15 is 0 Å². The highest BCUT2D eigenvalue weighted by Crippen LogP contribution is 2.32. The van der Waals surface area contributed by atoms with Crippen LogP contribution in [0.25, 0.3) is 0 Å². The Morgan fingerprint density at radius 1 is 1.18 bits per heavy atom. The van der Waals surface area contributed by atoms with Crippen molar-refractivity contribution in [2.75, 3.05) is 6.54 Å². The number of carbonyl (C=O) groups excluding carboxylic acids is 2. The van der Waals surface area contributed by atoms with Gasteiger partial charge in [-0.25, -0.2) is 0 Å². The van der Waals surface area contributed by atoms with Gasteiger partial charge in [0.05, 0.1) is 46.8 Å². The standard InChI is InChI=1S/C23H22Cl2N6O2/c1-13-9-19-16(12-30(13)22(32)15-3-4-17(24)18(25)10-15)21-23(33)29(7-8-31(21)28-19)14(2)20-11-26-5-6-27-20/h3-6,10-11,13-14H,7-9,12H2,1-2H3/t13-,14?/m1/s1. The van der Waals surface area contributed by atoms with Crippen molar-refractivity contribution < 1.29 is 9.59 Å². The normalized spacial score (nSPS) is 18.7. The molecular weight excluding hydrogens is 463 g/mol. The first-order valence-electron chi connectivity index (χ1n) is 10.8. The van der Waals surface area contributed by atoms with E-state index in [9.17, 15) is 9.59 Å². The van der Waals surface area contributed by atoms with Gasteiger partial charge in [0.2, 0.25) is 0 Å². The summed E-state index contributed by atoms with van der Waals surface area (Å²) >= 11 is 12.1. The Morgan fingerprint density at radius 2 is 2.00 bits per heavy atom. The van der Waals surface area contributed by atoms with Gasteiger partial charge in [-0.2, -0.15) is 5.10 Å². The molecule has 2 amide bonds. The fraction of sp³-hybridized carbons (Fsp3) is 0.348. The van der Waals surface area contributed by atoms with Gasteiger partial charge >= 0.3 is 0 Å². The van der Waals surface area contributed by atoms with Gasteiger partial charge in [-0.3, -0.25) is 24.2 Å². The first-order chi connectivity index (χ1) is 15.8. The van der Waals surface area contributed by atoms with Gasteiger partial charge in [-0.1, -0.05) is 23.2 Å². The summed E-state index contributed by atoms with van der Waals surface area (Å²) in [5, 5.41) is 5.45. The summed E-state index contributed by atoms with van der Waals surface area (Å²) in [7, 11) is 0. The zero-order valence-electron chi connectivity index (χ0n) is 18.2. The van der Waals surface area contributed by atoms with Gasteiger partial charge < -0.3 is 9.80 Å². The molecule has 0 N–H and O–H groups in total. The van der Waals surface area contributed by atoms with Gasteiger partial charge in [-0.05, 0) is 32.0 Å². The maximum Gasteiger partial charge on any atom is 0.273 e. The highest BCUT2D eigenvalue weighted by molar-refractivity contribution is 6.42. The quantitative estimate of drug-likeness (QED) is 0.564. The number of amides is 2. The molecule has 0 spiro atoms.